The number of rotatable bonds is 5. The summed E-state index contributed by atoms with van der Waals surface area (Å²) in [5.41, 5.74) is 0. The summed E-state index contributed by atoms with van der Waals surface area (Å²) in [5, 5.41) is -0.718. The fraction of sp³-hybridized carbons (Fsp3) is 0.778. The predicted octanol–water partition coefficient (Wildman–Crippen LogP) is 2.26. The Hall–Kier alpha value is -0.120. The monoisotopic (exact) mass is 241 g/mol. The van der Waals surface area contributed by atoms with Crippen LogP contribution in [0.25, 0.3) is 0 Å². The Labute approximate surface area is 95.4 Å². The molecular weight excluding hydrogens is 225 g/mol. The third-order valence-electron chi connectivity index (χ3n) is 0.997. The van der Waals surface area contributed by atoms with Crippen LogP contribution in [0, 0.1) is 0 Å². The second-order valence-corrected chi connectivity index (χ2v) is 4.10. The maximum Gasteiger partial charge on any atom is 0.221 e. The number of hydrogen-bond acceptors (Lipinski definition) is 3. The molecule has 84 valence electrons. The van der Waals surface area contributed by atoms with Crippen LogP contribution in [0.2, 0.25) is 0 Å². The lowest BCUT2D eigenvalue weighted by Gasteiger charge is -1.91. The second kappa shape index (κ2) is 11.0. The molecule has 0 aromatic carbocycles. The van der Waals surface area contributed by atoms with Crippen molar-refractivity contribution in [2.24, 2.45) is 0 Å². The van der Waals surface area contributed by atoms with Crippen LogP contribution in [0.1, 0.15) is 25.7 Å². The van der Waals surface area contributed by atoms with Gasteiger partial charge in [-0.2, -0.15) is 0 Å². The highest BCUT2D eigenvalue weighted by atomic mass is 35.5. The molecule has 0 saturated heterocycles. The van der Waals surface area contributed by atoms with E-state index in [9.17, 15) is 9.59 Å². The number of unbranched alkanes of at least 4 members (excludes halogenated alkanes) is 1. The Kier molecular flexibility index (Phi) is 12.8. The molecule has 0 unspecified atom stereocenters. The van der Waals surface area contributed by atoms with Crippen molar-refractivity contribution >= 4 is 33.7 Å². The van der Waals surface area contributed by atoms with Crippen molar-refractivity contribution in [2.75, 3.05) is 21.1 Å². The van der Waals surface area contributed by atoms with Crippen LogP contribution in [0.15, 0.2) is 0 Å². The van der Waals surface area contributed by atoms with Crippen LogP contribution < -0.4 is 0 Å². The summed E-state index contributed by atoms with van der Waals surface area (Å²) in [7, 11) is 6.00. The fourth-order valence-corrected chi connectivity index (χ4v) is 0.795. The van der Waals surface area contributed by atoms with Crippen molar-refractivity contribution in [1.82, 2.24) is 4.90 Å². The summed E-state index contributed by atoms with van der Waals surface area (Å²) in [6, 6.07) is 0. The molecule has 0 atom stereocenters. The van der Waals surface area contributed by atoms with Gasteiger partial charge in [0.25, 0.3) is 0 Å². The fourth-order valence-electron chi connectivity index (χ4n) is 0.528. The van der Waals surface area contributed by atoms with Crippen LogP contribution in [-0.4, -0.2) is 36.5 Å². The molecule has 0 rings (SSSR count). The third kappa shape index (κ3) is 29.7. The summed E-state index contributed by atoms with van der Waals surface area (Å²) >= 11 is 10.1. The van der Waals surface area contributed by atoms with E-state index in [1.807, 2.05) is 26.0 Å². The lowest BCUT2D eigenvalue weighted by atomic mass is 10.2. The quantitative estimate of drug-likeness (QED) is 0.548. The van der Waals surface area contributed by atoms with E-state index < -0.39 is 0 Å². The highest BCUT2D eigenvalue weighted by Crippen LogP contribution is 2.03. The molecule has 0 saturated carbocycles. The number of nitrogens with zero attached hydrogens (tertiary/aromatic N) is 1. The summed E-state index contributed by atoms with van der Waals surface area (Å²) in [5.74, 6) is 0. The van der Waals surface area contributed by atoms with E-state index in [2.05, 4.69) is 0 Å². The Balaban J connectivity index is 0. The molecule has 0 N–H and O–H groups in total. The molecule has 3 nitrogen and oxygen atoms in total. The minimum Gasteiger partial charge on any atom is -0.312 e. The van der Waals surface area contributed by atoms with Crippen molar-refractivity contribution in [3.63, 3.8) is 0 Å². The molecule has 0 fully saturated rings. The molecule has 0 aliphatic carbocycles. The first-order valence-corrected chi connectivity index (χ1v) is 5.09. The summed E-state index contributed by atoms with van der Waals surface area (Å²) in [6.45, 7) is 0. The first kappa shape index (κ1) is 16.3. The van der Waals surface area contributed by atoms with Gasteiger partial charge < -0.3 is 4.90 Å². The number of halogens is 2. The van der Waals surface area contributed by atoms with Crippen LogP contribution in [0.3, 0.4) is 0 Å². The summed E-state index contributed by atoms with van der Waals surface area (Å²) < 4.78 is 0. The van der Waals surface area contributed by atoms with E-state index in [1.165, 1.54) is 0 Å². The number of carbonyl (C=O) groups excluding carboxylic acids is 2. The van der Waals surface area contributed by atoms with Crippen molar-refractivity contribution in [3.05, 3.63) is 0 Å². The van der Waals surface area contributed by atoms with E-state index in [4.69, 9.17) is 23.2 Å². The smallest absolute Gasteiger partial charge is 0.221 e. The normalized spacial score (nSPS) is 9.29. The number of hydrogen-bond donors (Lipinski definition) is 0. The maximum atomic E-state index is 10.1. The average molecular weight is 242 g/mol. The molecule has 0 aliphatic rings. The van der Waals surface area contributed by atoms with Crippen molar-refractivity contribution in [1.29, 1.82) is 0 Å². The topological polar surface area (TPSA) is 37.4 Å². The Morgan fingerprint density at radius 1 is 0.929 bits per heavy atom. The molecule has 0 heterocycles. The SMILES string of the molecule is CN(C)C.O=C(Cl)CCCCC(=O)Cl. The van der Waals surface area contributed by atoms with Crippen LogP contribution in [0.4, 0.5) is 0 Å². The molecule has 0 amide bonds. The maximum absolute atomic E-state index is 10.1. The second-order valence-electron chi connectivity index (χ2n) is 3.26. The Morgan fingerprint density at radius 2 is 1.14 bits per heavy atom. The first-order valence-electron chi connectivity index (χ1n) is 4.33. The molecule has 0 spiro atoms. The lowest BCUT2D eigenvalue weighted by molar-refractivity contribution is -0.113. The zero-order chi connectivity index (χ0) is 11.6. The Bertz CT molecular complexity index is 153. The third-order valence-corrected chi connectivity index (χ3v) is 1.37. The van der Waals surface area contributed by atoms with Gasteiger partial charge in [-0.3, -0.25) is 9.59 Å². The standard InChI is InChI=1S/C6H8Cl2O2.C3H9N/c7-5(9)3-1-2-4-6(8)10;1-4(2)3/h1-4H2;1-3H3. The van der Waals surface area contributed by atoms with E-state index in [1.54, 1.807) is 0 Å². The average Bonchev–Trinajstić information content (AvgIpc) is 1.96. The highest BCUT2D eigenvalue weighted by molar-refractivity contribution is 6.63. The molecule has 0 bridgehead atoms. The van der Waals surface area contributed by atoms with E-state index in [0.29, 0.717) is 25.7 Å². The van der Waals surface area contributed by atoms with Crippen LogP contribution in [-0.2, 0) is 9.59 Å². The van der Waals surface area contributed by atoms with E-state index >= 15 is 0 Å². The van der Waals surface area contributed by atoms with Crippen molar-refractivity contribution < 1.29 is 9.59 Å². The predicted molar refractivity (Wildman–Crippen MR) is 59.8 cm³/mol. The molecule has 0 radical (unpaired) electrons. The zero-order valence-corrected chi connectivity index (χ0v) is 10.4. The van der Waals surface area contributed by atoms with Gasteiger partial charge in [0.2, 0.25) is 10.5 Å². The van der Waals surface area contributed by atoms with Crippen molar-refractivity contribution in [2.45, 2.75) is 25.7 Å². The van der Waals surface area contributed by atoms with Gasteiger partial charge >= 0.3 is 0 Å². The van der Waals surface area contributed by atoms with E-state index in [0.717, 1.165) is 0 Å². The number of carbonyl (C=O) groups is 2. The van der Waals surface area contributed by atoms with Crippen LogP contribution in [0.5, 0.6) is 0 Å². The largest absolute Gasteiger partial charge is 0.312 e. The molecular formula is C9H17Cl2NO2. The lowest BCUT2D eigenvalue weighted by Crippen LogP contribution is -1.99. The minimum absolute atomic E-state index is 0.325. The van der Waals surface area contributed by atoms with Gasteiger partial charge in [-0.15, -0.1) is 0 Å². The minimum atomic E-state index is -0.359. The molecule has 5 heteroatoms. The van der Waals surface area contributed by atoms with Gasteiger partial charge in [-0.1, -0.05) is 0 Å². The molecule has 14 heavy (non-hydrogen) atoms. The van der Waals surface area contributed by atoms with Gasteiger partial charge in [0.05, 0.1) is 0 Å². The molecule has 0 aromatic heterocycles. The van der Waals surface area contributed by atoms with E-state index in [-0.39, 0.29) is 10.5 Å². The van der Waals surface area contributed by atoms with Crippen molar-refractivity contribution in [3.8, 4) is 0 Å². The van der Waals surface area contributed by atoms with Gasteiger partial charge in [-0.05, 0) is 57.2 Å². The van der Waals surface area contributed by atoms with Gasteiger partial charge in [0.15, 0.2) is 0 Å². The van der Waals surface area contributed by atoms with Gasteiger partial charge in [-0.25, -0.2) is 0 Å². The molecule has 0 aliphatic heterocycles. The Morgan fingerprint density at radius 3 is 1.29 bits per heavy atom. The van der Waals surface area contributed by atoms with Gasteiger partial charge in [0.1, 0.15) is 0 Å². The highest BCUT2D eigenvalue weighted by Gasteiger charge is 1.98. The molecule has 0 aromatic rings. The summed E-state index contributed by atoms with van der Waals surface area (Å²) in [4.78, 5) is 22.3. The van der Waals surface area contributed by atoms with Gasteiger partial charge in [0, 0.05) is 12.8 Å². The van der Waals surface area contributed by atoms with Crippen LogP contribution >= 0.6 is 23.2 Å². The zero-order valence-electron chi connectivity index (χ0n) is 8.85. The summed E-state index contributed by atoms with van der Waals surface area (Å²) in [6.07, 6.45) is 1.93. The first-order chi connectivity index (χ1) is 6.36.